The molecule has 1 atom stereocenters. The maximum atomic E-state index is 14.2. The van der Waals surface area contributed by atoms with Gasteiger partial charge in [0.2, 0.25) is 5.82 Å². The third kappa shape index (κ3) is 3.94. The smallest absolute Gasteiger partial charge is 0.200 e. The monoisotopic (exact) mass is 298 g/mol. The number of hydrogen-bond acceptors (Lipinski definition) is 2. The lowest BCUT2D eigenvalue weighted by Gasteiger charge is -2.27. The molecule has 0 spiro atoms. The van der Waals surface area contributed by atoms with Crippen molar-refractivity contribution in [3.05, 3.63) is 29.3 Å². The number of aliphatic hydroxyl groups excluding tert-OH is 1. The highest BCUT2D eigenvalue weighted by molar-refractivity contribution is 5.33. The van der Waals surface area contributed by atoms with E-state index in [2.05, 4.69) is 6.92 Å². The van der Waals surface area contributed by atoms with Gasteiger partial charge in [-0.15, -0.1) is 0 Å². The van der Waals surface area contributed by atoms with Crippen molar-refractivity contribution in [1.82, 2.24) is 0 Å². The van der Waals surface area contributed by atoms with Crippen molar-refractivity contribution in [3.8, 4) is 5.75 Å². The van der Waals surface area contributed by atoms with Gasteiger partial charge in [0.25, 0.3) is 0 Å². The van der Waals surface area contributed by atoms with Gasteiger partial charge in [0.05, 0.1) is 6.61 Å². The minimum absolute atomic E-state index is 0.0392. The fourth-order valence-electron chi connectivity index (χ4n) is 2.83. The molecule has 0 heterocycles. The van der Waals surface area contributed by atoms with E-state index in [1.165, 1.54) is 6.07 Å². The third-order valence-corrected chi connectivity index (χ3v) is 4.37. The first-order valence-electron chi connectivity index (χ1n) is 7.74. The molecular formula is C17H24F2O2. The van der Waals surface area contributed by atoms with Crippen molar-refractivity contribution >= 4 is 0 Å². The molecule has 1 aliphatic carbocycles. The molecule has 0 bridgehead atoms. The summed E-state index contributed by atoms with van der Waals surface area (Å²) in [4.78, 5) is 0. The molecule has 1 saturated carbocycles. The lowest BCUT2D eigenvalue weighted by Crippen LogP contribution is -2.15. The SMILES string of the molecule is CC1CCC(c2ccc(OCC(C)CO)c(F)c2F)CC1. The molecule has 1 aliphatic rings. The van der Waals surface area contributed by atoms with Gasteiger partial charge >= 0.3 is 0 Å². The summed E-state index contributed by atoms with van der Waals surface area (Å²) >= 11 is 0. The predicted octanol–water partition coefficient (Wildman–Crippen LogP) is 4.27. The van der Waals surface area contributed by atoms with Crippen molar-refractivity contribution < 1.29 is 18.6 Å². The van der Waals surface area contributed by atoms with Gasteiger partial charge in [-0.2, -0.15) is 4.39 Å². The first-order chi connectivity index (χ1) is 10.0. The van der Waals surface area contributed by atoms with Crippen LogP contribution in [-0.2, 0) is 0 Å². The van der Waals surface area contributed by atoms with E-state index in [9.17, 15) is 8.78 Å². The Morgan fingerprint density at radius 1 is 1.19 bits per heavy atom. The maximum Gasteiger partial charge on any atom is 0.200 e. The molecule has 1 aromatic rings. The van der Waals surface area contributed by atoms with Crippen molar-refractivity contribution in [1.29, 1.82) is 0 Å². The fraction of sp³-hybridized carbons (Fsp3) is 0.647. The lowest BCUT2D eigenvalue weighted by molar-refractivity contribution is 0.170. The van der Waals surface area contributed by atoms with Crippen LogP contribution in [0, 0.1) is 23.5 Å². The van der Waals surface area contributed by atoms with Gasteiger partial charge in [-0.05, 0) is 36.3 Å². The van der Waals surface area contributed by atoms with Crippen LogP contribution in [0.25, 0.3) is 0 Å². The zero-order valence-corrected chi connectivity index (χ0v) is 12.7. The predicted molar refractivity (Wildman–Crippen MR) is 78.5 cm³/mol. The Morgan fingerprint density at radius 2 is 1.86 bits per heavy atom. The minimum atomic E-state index is -0.906. The average molecular weight is 298 g/mol. The van der Waals surface area contributed by atoms with Crippen LogP contribution in [0.3, 0.4) is 0 Å². The lowest BCUT2D eigenvalue weighted by atomic mass is 9.79. The number of rotatable bonds is 5. The number of ether oxygens (including phenoxy) is 1. The van der Waals surface area contributed by atoms with Crippen molar-refractivity contribution in [3.63, 3.8) is 0 Å². The Kier molecular flexibility index (Phi) is 5.57. The van der Waals surface area contributed by atoms with E-state index in [0.29, 0.717) is 11.5 Å². The summed E-state index contributed by atoms with van der Waals surface area (Å²) in [7, 11) is 0. The standard InChI is InChI=1S/C17H24F2O2/c1-11-3-5-13(6-4-11)14-7-8-15(17(19)16(14)18)21-10-12(2)9-20/h7-8,11-13,20H,3-6,9-10H2,1-2H3. The van der Waals surface area contributed by atoms with Crippen LogP contribution < -0.4 is 4.74 Å². The normalized spacial score (nSPS) is 23.9. The number of benzene rings is 1. The summed E-state index contributed by atoms with van der Waals surface area (Å²) < 4.78 is 33.6. The molecule has 4 heteroatoms. The van der Waals surface area contributed by atoms with Crippen LogP contribution in [0.15, 0.2) is 12.1 Å². The molecule has 118 valence electrons. The molecule has 1 unspecified atom stereocenters. The van der Waals surface area contributed by atoms with Crippen LogP contribution in [-0.4, -0.2) is 18.3 Å². The molecule has 1 N–H and O–H groups in total. The highest BCUT2D eigenvalue weighted by atomic mass is 19.2. The van der Waals surface area contributed by atoms with Crippen LogP contribution in [0.5, 0.6) is 5.75 Å². The highest BCUT2D eigenvalue weighted by Crippen LogP contribution is 2.38. The Morgan fingerprint density at radius 3 is 2.48 bits per heavy atom. The zero-order valence-electron chi connectivity index (χ0n) is 12.7. The molecule has 1 aromatic carbocycles. The van der Waals surface area contributed by atoms with E-state index < -0.39 is 11.6 Å². The fourth-order valence-corrected chi connectivity index (χ4v) is 2.83. The molecule has 0 aromatic heterocycles. The highest BCUT2D eigenvalue weighted by Gasteiger charge is 2.25. The van der Waals surface area contributed by atoms with E-state index >= 15 is 0 Å². The summed E-state index contributed by atoms with van der Waals surface area (Å²) in [5, 5.41) is 8.92. The van der Waals surface area contributed by atoms with Gasteiger partial charge < -0.3 is 9.84 Å². The van der Waals surface area contributed by atoms with E-state index in [1.807, 2.05) is 0 Å². The van der Waals surface area contributed by atoms with Crippen LogP contribution in [0.2, 0.25) is 0 Å². The van der Waals surface area contributed by atoms with Crippen LogP contribution >= 0.6 is 0 Å². The Bertz CT molecular complexity index is 468. The maximum absolute atomic E-state index is 14.2. The Balaban J connectivity index is 2.10. The van der Waals surface area contributed by atoms with E-state index in [-0.39, 0.29) is 30.8 Å². The molecule has 1 fully saturated rings. The number of halogens is 2. The molecule has 2 nitrogen and oxygen atoms in total. The summed E-state index contributed by atoms with van der Waals surface area (Å²) in [5.41, 5.74) is 0.474. The van der Waals surface area contributed by atoms with Gasteiger partial charge in [-0.3, -0.25) is 0 Å². The topological polar surface area (TPSA) is 29.5 Å². The summed E-state index contributed by atoms with van der Waals surface area (Å²) in [6.07, 6.45) is 3.97. The second kappa shape index (κ2) is 7.21. The molecule has 2 rings (SSSR count). The van der Waals surface area contributed by atoms with Gasteiger partial charge in [-0.1, -0.05) is 32.8 Å². The average Bonchev–Trinajstić information content (AvgIpc) is 2.49. The van der Waals surface area contributed by atoms with E-state index in [1.54, 1.807) is 13.0 Å². The summed E-state index contributed by atoms with van der Waals surface area (Å²) in [6.45, 7) is 4.12. The second-order valence-corrected chi connectivity index (χ2v) is 6.34. The molecule has 21 heavy (non-hydrogen) atoms. The number of aliphatic hydroxyl groups is 1. The molecule has 0 radical (unpaired) electrons. The summed E-state index contributed by atoms with van der Waals surface area (Å²) in [5.74, 6) is -1.06. The first-order valence-corrected chi connectivity index (χ1v) is 7.74. The van der Waals surface area contributed by atoms with E-state index in [0.717, 1.165) is 25.7 Å². The molecule has 0 saturated heterocycles. The van der Waals surface area contributed by atoms with E-state index in [4.69, 9.17) is 9.84 Å². The summed E-state index contributed by atoms with van der Waals surface area (Å²) in [6, 6.07) is 3.16. The Hall–Kier alpha value is -1.16. The largest absolute Gasteiger partial charge is 0.490 e. The van der Waals surface area contributed by atoms with Crippen LogP contribution in [0.1, 0.15) is 51.0 Å². The van der Waals surface area contributed by atoms with Crippen molar-refractivity contribution in [2.24, 2.45) is 11.8 Å². The molecule has 0 aliphatic heterocycles. The molecular weight excluding hydrogens is 274 g/mol. The van der Waals surface area contributed by atoms with Crippen molar-refractivity contribution in [2.75, 3.05) is 13.2 Å². The van der Waals surface area contributed by atoms with Crippen molar-refractivity contribution in [2.45, 2.75) is 45.4 Å². The minimum Gasteiger partial charge on any atom is -0.490 e. The zero-order chi connectivity index (χ0) is 15.4. The number of hydrogen-bond donors (Lipinski definition) is 1. The quantitative estimate of drug-likeness (QED) is 0.880. The van der Waals surface area contributed by atoms with Crippen LogP contribution in [0.4, 0.5) is 8.78 Å². The Labute approximate surface area is 125 Å². The van der Waals surface area contributed by atoms with Gasteiger partial charge in [0.1, 0.15) is 0 Å². The first kappa shape index (κ1) is 16.2. The second-order valence-electron chi connectivity index (χ2n) is 6.34. The van der Waals surface area contributed by atoms with Gasteiger partial charge in [-0.25, -0.2) is 4.39 Å². The van der Waals surface area contributed by atoms with Gasteiger partial charge in [0.15, 0.2) is 11.6 Å². The van der Waals surface area contributed by atoms with Gasteiger partial charge in [0, 0.05) is 12.5 Å². The molecule has 0 amide bonds. The third-order valence-electron chi connectivity index (χ3n) is 4.37.